The molecule has 2 aromatic heterocycles. The van der Waals surface area contributed by atoms with Crippen LogP contribution in [-0.4, -0.2) is 58.0 Å². The number of aryl methyl sites for hydroxylation is 3. The highest BCUT2D eigenvalue weighted by Gasteiger charge is 2.25. The van der Waals surface area contributed by atoms with Crippen LogP contribution in [0, 0.1) is 12.7 Å². The number of halogens is 1. The Morgan fingerprint density at radius 2 is 1.90 bits per heavy atom. The summed E-state index contributed by atoms with van der Waals surface area (Å²) in [5.41, 5.74) is 2.52. The molecule has 2 heterocycles. The highest BCUT2D eigenvalue weighted by Crippen LogP contribution is 2.28. The van der Waals surface area contributed by atoms with E-state index in [2.05, 4.69) is 15.3 Å². The third-order valence-corrected chi connectivity index (χ3v) is 8.29. The molecule has 2 N–H and O–H groups in total. The Bertz CT molecular complexity index is 1620. The lowest BCUT2D eigenvalue weighted by Crippen LogP contribution is -2.42. The largest absolute Gasteiger partial charge is 0.481 e. The maximum Gasteiger partial charge on any atom is 0.326 e. The van der Waals surface area contributed by atoms with Crippen LogP contribution < -0.4 is 10.1 Å². The van der Waals surface area contributed by atoms with Crippen LogP contribution in [0.3, 0.4) is 0 Å². The van der Waals surface area contributed by atoms with Crippen molar-refractivity contribution in [3.8, 4) is 5.75 Å². The van der Waals surface area contributed by atoms with Crippen molar-refractivity contribution in [2.75, 3.05) is 12.0 Å². The van der Waals surface area contributed by atoms with Gasteiger partial charge in [-0.2, -0.15) is 0 Å². The average Bonchev–Trinajstić information content (AvgIpc) is 3.62. The van der Waals surface area contributed by atoms with Crippen molar-refractivity contribution in [2.24, 2.45) is 0 Å². The molecule has 10 nitrogen and oxygen atoms in total. The van der Waals surface area contributed by atoms with E-state index in [0.717, 1.165) is 22.5 Å². The predicted octanol–water partition coefficient (Wildman–Crippen LogP) is 4.01. The van der Waals surface area contributed by atoms with Crippen molar-refractivity contribution in [1.29, 1.82) is 0 Å². The van der Waals surface area contributed by atoms with E-state index in [9.17, 15) is 27.5 Å². The van der Waals surface area contributed by atoms with Crippen molar-refractivity contribution < 1.29 is 32.2 Å². The van der Waals surface area contributed by atoms with Crippen LogP contribution in [0.15, 0.2) is 66.6 Å². The summed E-state index contributed by atoms with van der Waals surface area (Å²) in [6.07, 6.45) is 6.38. The number of sulfone groups is 1. The molecule has 0 spiro atoms. The lowest BCUT2D eigenvalue weighted by atomic mass is 9.98. The van der Waals surface area contributed by atoms with Crippen LogP contribution >= 0.6 is 11.3 Å². The number of carboxylic acid groups (broad SMARTS) is 1. The molecule has 0 fully saturated rings. The maximum atomic E-state index is 13.5. The second-order valence-electron chi connectivity index (χ2n) is 9.92. The number of carbonyl (C=O) groups excluding carboxylic acids is 1. The van der Waals surface area contributed by atoms with Gasteiger partial charge in [0, 0.05) is 29.6 Å². The van der Waals surface area contributed by atoms with E-state index in [1.807, 2.05) is 23.1 Å². The van der Waals surface area contributed by atoms with Gasteiger partial charge in [0.2, 0.25) is 0 Å². The van der Waals surface area contributed by atoms with Crippen LogP contribution in [0.2, 0.25) is 0 Å². The maximum absolute atomic E-state index is 13.5. The van der Waals surface area contributed by atoms with Crippen molar-refractivity contribution in [1.82, 2.24) is 19.9 Å². The summed E-state index contributed by atoms with van der Waals surface area (Å²) in [5.74, 6) is -2.40. The molecule has 0 saturated heterocycles. The number of aromatic nitrogens is 3. The van der Waals surface area contributed by atoms with Gasteiger partial charge in [0.1, 0.15) is 32.5 Å². The van der Waals surface area contributed by atoms with Gasteiger partial charge in [-0.25, -0.2) is 27.6 Å². The van der Waals surface area contributed by atoms with Crippen molar-refractivity contribution in [2.45, 2.75) is 44.9 Å². The molecular weight excluding hydrogens is 583 g/mol. The molecule has 0 bridgehead atoms. The fraction of sp³-hybridized carbons (Fsp3) is 0.310. The summed E-state index contributed by atoms with van der Waals surface area (Å²) in [6.45, 7) is 2.29. The molecule has 1 unspecified atom stereocenters. The molecule has 0 aliphatic carbocycles. The van der Waals surface area contributed by atoms with Gasteiger partial charge in [-0.3, -0.25) is 4.79 Å². The minimum Gasteiger partial charge on any atom is -0.481 e. The molecule has 4 rings (SSSR count). The zero-order chi connectivity index (χ0) is 30.3. The standard InChI is InChI=1S/C29H31FN4O6S2/c1-19-16-34(18-32-19)17-26(28-31-12-13-41-28)40-23-10-7-21(6-3-20-4-8-22(30)9-5-20)24(15-23)27(35)33-25(29(36)37)11-14-42(2,38)39/h4-5,7-10,12-13,15-16,18,25-26H,3,6,11,14,17H2,1-2H3,(H,33,35)(H,36,37)/t25-,26?/m0/s1. The number of aliphatic carboxylic acids is 1. The van der Waals surface area contributed by atoms with Gasteiger partial charge < -0.3 is 19.7 Å². The van der Waals surface area contributed by atoms with Crippen molar-refractivity contribution in [3.63, 3.8) is 0 Å². The second-order valence-corrected chi connectivity index (χ2v) is 13.1. The Morgan fingerprint density at radius 1 is 1.14 bits per heavy atom. The van der Waals surface area contributed by atoms with Gasteiger partial charge in [-0.15, -0.1) is 11.3 Å². The quantitative estimate of drug-likeness (QED) is 0.217. The summed E-state index contributed by atoms with van der Waals surface area (Å²) >= 11 is 1.43. The average molecular weight is 615 g/mol. The first-order valence-corrected chi connectivity index (χ1v) is 16.0. The minimum atomic E-state index is -3.44. The van der Waals surface area contributed by atoms with E-state index >= 15 is 0 Å². The molecule has 222 valence electrons. The highest BCUT2D eigenvalue weighted by atomic mass is 32.2. The number of ether oxygens (including phenoxy) is 1. The van der Waals surface area contributed by atoms with Crippen LogP contribution in [0.1, 0.15) is 44.7 Å². The van der Waals surface area contributed by atoms with Gasteiger partial charge in [0.25, 0.3) is 5.91 Å². The first-order valence-electron chi connectivity index (χ1n) is 13.1. The highest BCUT2D eigenvalue weighted by molar-refractivity contribution is 7.90. The zero-order valence-electron chi connectivity index (χ0n) is 23.1. The molecular formula is C29H31FN4O6S2. The number of imidazole rings is 1. The first kappa shape index (κ1) is 30.8. The summed E-state index contributed by atoms with van der Waals surface area (Å²) < 4.78 is 44.8. The summed E-state index contributed by atoms with van der Waals surface area (Å²) in [6, 6.07) is 9.65. The third-order valence-electron chi connectivity index (χ3n) is 6.45. The Labute approximate surface area is 247 Å². The molecule has 1 amide bonds. The van der Waals surface area contributed by atoms with Crippen LogP contribution in [-0.2, 0) is 34.0 Å². The third kappa shape index (κ3) is 8.95. The van der Waals surface area contributed by atoms with Gasteiger partial charge in [-0.1, -0.05) is 18.2 Å². The lowest BCUT2D eigenvalue weighted by Gasteiger charge is -2.20. The number of amides is 1. The van der Waals surface area contributed by atoms with E-state index in [1.165, 1.54) is 23.5 Å². The predicted molar refractivity (Wildman–Crippen MR) is 156 cm³/mol. The number of nitrogens with one attached hydrogen (secondary N) is 1. The summed E-state index contributed by atoms with van der Waals surface area (Å²) in [4.78, 5) is 34.0. The topological polar surface area (TPSA) is 140 Å². The molecule has 0 aliphatic heterocycles. The smallest absolute Gasteiger partial charge is 0.326 e. The van der Waals surface area contributed by atoms with E-state index < -0.39 is 39.6 Å². The zero-order valence-corrected chi connectivity index (χ0v) is 24.7. The molecule has 13 heteroatoms. The first-order chi connectivity index (χ1) is 20.0. The summed E-state index contributed by atoms with van der Waals surface area (Å²) in [7, 11) is -3.44. The monoisotopic (exact) mass is 614 g/mol. The van der Waals surface area contributed by atoms with Gasteiger partial charge in [-0.05, 0) is 61.6 Å². The number of thiazole rings is 1. The number of carboxylic acids is 1. The fourth-order valence-corrected chi connectivity index (χ4v) is 5.62. The Hall–Kier alpha value is -4.10. The molecule has 42 heavy (non-hydrogen) atoms. The molecule has 0 aliphatic rings. The minimum absolute atomic E-state index is 0.191. The van der Waals surface area contributed by atoms with Crippen molar-refractivity contribution >= 4 is 33.1 Å². The van der Waals surface area contributed by atoms with Gasteiger partial charge in [0.05, 0.1) is 24.3 Å². The Morgan fingerprint density at radius 3 is 2.52 bits per heavy atom. The molecule has 2 atom stereocenters. The number of hydrogen-bond donors (Lipinski definition) is 2. The van der Waals surface area contributed by atoms with Gasteiger partial charge >= 0.3 is 5.97 Å². The van der Waals surface area contributed by atoms with E-state index in [1.54, 1.807) is 42.9 Å². The molecule has 4 aromatic rings. The second kappa shape index (κ2) is 13.7. The number of carbonyl (C=O) groups is 2. The van der Waals surface area contributed by atoms with Crippen molar-refractivity contribution in [3.05, 3.63) is 99.8 Å². The van der Waals surface area contributed by atoms with Crippen LogP contribution in [0.25, 0.3) is 0 Å². The Balaban J connectivity index is 1.62. The fourth-order valence-electron chi connectivity index (χ4n) is 4.30. The van der Waals surface area contributed by atoms with E-state index in [4.69, 9.17) is 4.74 Å². The summed E-state index contributed by atoms with van der Waals surface area (Å²) in [5, 5.41) is 14.7. The molecule has 2 aromatic carbocycles. The van der Waals surface area contributed by atoms with E-state index in [-0.39, 0.29) is 17.8 Å². The number of rotatable bonds is 14. The number of nitrogens with zero attached hydrogens (tertiary/aromatic N) is 3. The SMILES string of the molecule is Cc1cn(CC(Oc2ccc(CCc3ccc(F)cc3)c(C(=O)N[C@@H](CCS(C)(=O)=O)C(=O)O)c2)c2nccs2)cn1. The van der Waals surface area contributed by atoms with E-state index in [0.29, 0.717) is 30.7 Å². The van der Waals surface area contributed by atoms with Gasteiger partial charge in [0.15, 0.2) is 6.10 Å². The molecule has 0 radical (unpaired) electrons. The normalized spacial score (nSPS) is 12.9. The number of hydrogen-bond acceptors (Lipinski definition) is 8. The Kier molecular flexibility index (Phi) is 10.1. The van der Waals surface area contributed by atoms with Crippen LogP contribution in [0.5, 0.6) is 5.75 Å². The molecule has 0 saturated carbocycles. The van der Waals surface area contributed by atoms with Crippen LogP contribution in [0.4, 0.5) is 4.39 Å². The lowest BCUT2D eigenvalue weighted by molar-refractivity contribution is -0.139. The number of benzene rings is 2.